The summed E-state index contributed by atoms with van der Waals surface area (Å²) in [6.07, 6.45) is -0.681. The Labute approximate surface area is 190 Å². The maximum Gasteiger partial charge on any atom is 0.313 e. The lowest BCUT2D eigenvalue weighted by Crippen LogP contribution is -2.33. The van der Waals surface area contributed by atoms with Crippen molar-refractivity contribution in [3.63, 3.8) is 0 Å². The monoisotopic (exact) mass is 445 g/mol. The molecule has 0 heterocycles. The third-order valence-corrected chi connectivity index (χ3v) is 5.07. The van der Waals surface area contributed by atoms with E-state index < -0.39 is 6.10 Å². The van der Waals surface area contributed by atoms with Crippen LogP contribution in [0.2, 0.25) is 0 Å². The minimum atomic E-state index is -0.681. The molecule has 0 fully saturated rings. The van der Waals surface area contributed by atoms with Gasteiger partial charge in [-0.25, -0.2) is 0 Å². The van der Waals surface area contributed by atoms with Crippen LogP contribution < -0.4 is 24.3 Å². The number of benzene rings is 2. The summed E-state index contributed by atoms with van der Waals surface area (Å²) in [6, 6.07) is 9.31. The number of carbonyl (C=O) groups excluding carboxylic acids is 1. The van der Waals surface area contributed by atoms with Crippen LogP contribution in [-0.2, 0) is 4.79 Å². The largest absolute Gasteiger partial charge is 0.493 e. The van der Waals surface area contributed by atoms with Crippen LogP contribution in [0.25, 0.3) is 0 Å². The van der Waals surface area contributed by atoms with Gasteiger partial charge in [0.2, 0.25) is 0 Å². The molecule has 2 aromatic rings. The average Bonchev–Trinajstić information content (AvgIpc) is 2.77. The van der Waals surface area contributed by atoms with E-state index in [1.165, 1.54) is 0 Å². The van der Waals surface area contributed by atoms with E-state index in [-0.39, 0.29) is 18.5 Å². The van der Waals surface area contributed by atoms with Gasteiger partial charge >= 0.3 is 5.97 Å². The Morgan fingerprint density at radius 3 is 2.38 bits per heavy atom. The van der Waals surface area contributed by atoms with Crippen LogP contribution in [-0.4, -0.2) is 50.6 Å². The molecule has 2 rings (SSSR count). The maximum absolute atomic E-state index is 12.0. The summed E-state index contributed by atoms with van der Waals surface area (Å²) in [5.41, 5.74) is 2.56. The molecule has 0 aliphatic heterocycles. The fourth-order valence-corrected chi connectivity index (χ4v) is 3.03. The van der Waals surface area contributed by atoms with Crippen LogP contribution in [0.5, 0.6) is 23.0 Å². The standard InChI is InChI=1S/C25H35NO6/c1-16(2)25(28)32-24-17(3)13-23(18(4)19(24)5)31-15-20(27)14-26-11-12-30-22-10-8-7-9-21(22)29-6/h7-10,13,16,20,26-27H,11-12,14-15H2,1-6H3. The number of carbonyl (C=O) groups is 1. The lowest BCUT2D eigenvalue weighted by atomic mass is 10.0. The molecule has 0 saturated carbocycles. The Balaban J connectivity index is 1.80. The van der Waals surface area contributed by atoms with Crippen LogP contribution in [0.15, 0.2) is 30.3 Å². The molecule has 0 saturated heterocycles. The van der Waals surface area contributed by atoms with Gasteiger partial charge in [-0.05, 0) is 55.7 Å². The van der Waals surface area contributed by atoms with Gasteiger partial charge in [0.15, 0.2) is 11.5 Å². The van der Waals surface area contributed by atoms with E-state index in [0.29, 0.717) is 42.7 Å². The van der Waals surface area contributed by atoms with Gasteiger partial charge in [-0.15, -0.1) is 0 Å². The third-order valence-electron chi connectivity index (χ3n) is 5.07. The van der Waals surface area contributed by atoms with E-state index in [4.69, 9.17) is 18.9 Å². The summed E-state index contributed by atoms with van der Waals surface area (Å²) in [5, 5.41) is 13.4. The number of para-hydroxylation sites is 2. The van der Waals surface area contributed by atoms with Gasteiger partial charge in [-0.3, -0.25) is 4.79 Å². The predicted octanol–water partition coefficient (Wildman–Crippen LogP) is 3.59. The fourth-order valence-electron chi connectivity index (χ4n) is 3.03. The van der Waals surface area contributed by atoms with Crippen LogP contribution in [0, 0.1) is 26.7 Å². The highest BCUT2D eigenvalue weighted by atomic mass is 16.5. The van der Waals surface area contributed by atoms with Crippen molar-refractivity contribution < 1.29 is 28.8 Å². The zero-order chi connectivity index (χ0) is 23.7. The Hall–Kier alpha value is -2.77. The summed E-state index contributed by atoms with van der Waals surface area (Å²) in [6.45, 7) is 10.8. The smallest absolute Gasteiger partial charge is 0.313 e. The van der Waals surface area contributed by atoms with Crippen molar-refractivity contribution in [1.82, 2.24) is 5.32 Å². The number of rotatable bonds is 12. The maximum atomic E-state index is 12.0. The lowest BCUT2D eigenvalue weighted by molar-refractivity contribution is -0.137. The molecule has 176 valence electrons. The van der Waals surface area contributed by atoms with Crippen molar-refractivity contribution in [3.8, 4) is 23.0 Å². The number of ether oxygens (including phenoxy) is 4. The number of nitrogens with one attached hydrogen (secondary N) is 1. The van der Waals surface area contributed by atoms with Gasteiger partial charge in [0.05, 0.1) is 13.0 Å². The second kappa shape index (κ2) is 12.3. The van der Waals surface area contributed by atoms with E-state index in [2.05, 4.69) is 5.32 Å². The van der Waals surface area contributed by atoms with Gasteiger partial charge in [0.1, 0.15) is 30.8 Å². The van der Waals surface area contributed by atoms with Crippen LogP contribution in [0.4, 0.5) is 0 Å². The van der Waals surface area contributed by atoms with Crippen molar-refractivity contribution in [2.45, 2.75) is 40.7 Å². The second-order valence-electron chi connectivity index (χ2n) is 8.01. The summed E-state index contributed by atoms with van der Waals surface area (Å²) >= 11 is 0. The second-order valence-corrected chi connectivity index (χ2v) is 8.01. The molecule has 32 heavy (non-hydrogen) atoms. The topological polar surface area (TPSA) is 86.2 Å². The van der Waals surface area contributed by atoms with E-state index in [1.54, 1.807) is 21.0 Å². The first-order chi connectivity index (χ1) is 15.2. The Kier molecular flexibility index (Phi) is 9.81. The molecule has 7 nitrogen and oxygen atoms in total. The van der Waals surface area contributed by atoms with Crippen molar-refractivity contribution in [1.29, 1.82) is 0 Å². The number of esters is 1. The third kappa shape index (κ3) is 7.14. The average molecular weight is 446 g/mol. The van der Waals surface area contributed by atoms with Gasteiger partial charge in [-0.1, -0.05) is 26.0 Å². The molecular weight excluding hydrogens is 410 g/mol. The van der Waals surface area contributed by atoms with Gasteiger partial charge in [-0.2, -0.15) is 0 Å². The molecule has 0 aromatic heterocycles. The Morgan fingerprint density at radius 1 is 1.03 bits per heavy atom. The Morgan fingerprint density at radius 2 is 1.72 bits per heavy atom. The normalized spacial score (nSPS) is 11.9. The molecule has 0 aliphatic rings. The zero-order valence-electron chi connectivity index (χ0n) is 19.9. The molecule has 0 spiro atoms. The lowest BCUT2D eigenvalue weighted by Gasteiger charge is -2.19. The first-order valence-electron chi connectivity index (χ1n) is 10.8. The Bertz CT molecular complexity index is 896. The quantitative estimate of drug-likeness (QED) is 0.293. The van der Waals surface area contributed by atoms with Crippen LogP contribution in [0.3, 0.4) is 0 Å². The molecule has 7 heteroatoms. The number of aliphatic hydroxyl groups is 1. The van der Waals surface area contributed by atoms with Gasteiger partial charge in [0, 0.05) is 13.1 Å². The van der Waals surface area contributed by atoms with E-state index >= 15 is 0 Å². The highest BCUT2D eigenvalue weighted by Gasteiger charge is 2.18. The number of hydrogen-bond donors (Lipinski definition) is 2. The van der Waals surface area contributed by atoms with E-state index in [0.717, 1.165) is 16.7 Å². The van der Waals surface area contributed by atoms with Gasteiger partial charge in [0.25, 0.3) is 0 Å². The van der Waals surface area contributed by atoms with Gasteiger partial charge < -0.3 is 29.4 Å². The summed E-state index contributed by atoms with van der Waals surface area (Å²) < 4.78 is 22.3. The fraction of sp³-hybridized carbons (Fsp3) is 0.480. The van der Waals surface area contributed by atoms with Crippen molar-refractivity contribution >= 4 is 5.97 Å². The minimum Gasteiger partial charge on any atom is -0.493 e. The number of aliphatic hydroxyl groups excluding tert-OH is 1. The first-order valence-corrected chi connectivity index (χ1v) is 10.8. The van der Waals surface area contributed by atoms with E-state index in [1.807, 2.05) is 51.1 Å². The molecule has 2 aromatic carbocycles. The summed E-state index contributed by atoms with van der Waals surface area (Å²) in [5.74, 6) is 2.15. The number of hydrogen-bond acceptors (Lipinski definition) is 7. The minimum absolute atomic E-state index is 0.144. The molecule has 1 unspecified atom stereocenters. The molecule has 0 amide bonds. The van der Waals surface area contributed by atoms with Crippen molar-refractivity contribution in [3.05, 3.63) is 47.0 Å². The molecular formula is C25H35NO6. The molecule has 0 aliphatic carbocycles. The van der Waals surface area contributed by atoms with E-state index in [9.17, 15) is 9.90 Å². The number of aryl methyl sites for hydroxylation is 1. The first kappa shape index (κ1) is 25.5. The van der Waals surface area contributed by atoms with Crippen LogP contribution >= 0.6 is 0 Å². The van der Waals surface area contributed by atoms with Crippen molar-refractivity contribution in [2.24, 2.45) is 5.92 Å². The highest BCUT2D eigenvalue weighted by molar-refractivity contribution is 5.75. The zero-order valence-corrected chi connectivity index (χ0v) is 19.9. The SMILES string of the molecule is COc1ccccc1OCCNCC(O)COc1cc(C)c(OC(=O)C(C)C)c(C)c1C. The highest BCUT2D eigenvalue weighted by Crippen LogP contribution is 2.33. The molecule has 0 radical (unpaired) electrons. The summed E-state index contributed by atoms with van der Waals surface area (Å²) in [7, 11) is 1.60. The number of methoxy groups -OCH3 is 1. The van der Waals surface area contributed by atoms with Crippen molar-refractivity contribution in [2.75, 3.05) is 33.4 Å². The molecule has 0 bridgehead atoms. The van der Waals surface area contributed by atoms with Crippen LogP contribution in [0.1, 0.15) is 30.5 Å². The summed E-state index contributed by atoms with van der Waals surface area (Å²) in [4.78, 5) is 12.0. The molecule has 1 atom stereocenters. The molecule has 2 N–H and O–H groups in total. The predicted molar refractivity (Wildman–Crippen MR) is 124 cm³/mol.